The summed E-state index contributed by atoms with van der Waals surface area (Å²) in [6, 6.07) is 0. The third-order valence-corrected chi connectivity index (χ3v) is 1.87. The third-order valence-electron chi connectivity index (χ3n) is 1.87. The summed E-state index contributed by atoms with van der Waals surface area (Å²) in [5.74, 6) is 0.953. The average molecular weight is 143 g/mol. The van der Waals surface area contributed by atoms with Crippen LogP contribution in [-0.4, -0.2) is 24.3 Å². The van der Waals surface area contributed by atoms with E-state index in [2.05, 4.69) is 5.32 Å². The van der Waals surface area contributed by atoms with Crippen molar-refractivity contribution >= 4 is 0 Å². The molecule has 2 nitrogen and oxygen atoms in total. The van der Waals surface area contributed by atoms with Gasteiger partial charge in [-0.15, -0.1) is 0 Å². The zero-order valence-electron chi connectivity index (χ0n) is 6.64. The summed E-state index contributed by atoms with van der Waals surface area (Å²) in [5, 5.41) is 12.2. The van der Waals surface area contributed by atoms with Crippen molar-refractivity contribution in [2.24, 2.45) is 5.92 Å². The Kier molecular flexibility index (Phi) is 3.16. The van der Waals surface area contributed by atoms with Gasteiger partial charge < -0.3 is 10.4 Å². The molecule has 1 saturated carbocycles. The van der Waals surface area contributed by atoms with Crippen LogP contribution in [0.5, 0.6) is 0 Å². The first kappa shape index (κ1) is 8.02. The van der Waals surface area contributed by atoms with Gasteiger partial charge in [-0.1, -0.05) is 0 Å². The molecule has 0 aromatic heterocycles. The lowest BCUT2D eigenvalue weighted by atomic mass is 10.3. The number of hydrogen-bond acceptors (Lipinski definition) is 2. The van der Waals surface area contributed by atoms with E-state index in [9.17, 15) is 0 Å². The predicted molar refractivity (Wildman–Crippen MR) is 41.9 cm³/mol. The Labute approximate surface area is 62.6 Å². The number of rotatable bonds is 5. The normalized spacial score (nSPS) is 21.0. The predicted octanol–water partition coefficient (Wildman–Crippen LogP) is 0.757. The molecule has 1 aliphatic rings. The van der Waals surface area contributed by atoms with Gasteiger partial charge in [-0.2, -0.15) is 0 Å². The minimum absolute atomic E-state index is 0.147. The highest BCUT2D eigenvalue weighted by molar-refractivity contribution is 4.75. The van der Waals surface area contributed by atoms with Crippen LogP contribution in [0.1, 0.15) is 26.2 Å². The fourth-order valence-corrected chi connectivity index (χ4v) is 0.939. The maximum atomic E-state index is 8.89. The van der Waals surface area contributed by atoms with E-state index in [1.165, 1.54) is 12.8 Å². The molecule has 0 heterocycles. The second kappa shape index (κ2) is 3.94. The summed E-state index contributed by atoms with van der Waals surface area (Å²) < 4.78 is 0. The van der Waals surface area contributed by atoms with Crippen LogP contribution in [-0.2, 0) is 0 Å². The van der Waals surface area contributed by atoms with Crippen LogP contribution in [0.25, 0.3) is 0 Å². The van der Waals surface area contributed by atoms with Crippen LogP contribution < -0.4 is 5.32 Å². The van der Waals surface area contributed by atoms with Crippen molar-refractivity contribution in [3.05, 3.63) is 0 Å². The average Bonchev–Trinajstić information content (AvgIpc) is 2.62. The van der Waals surface area contributed by atoms with Crippen LogP contribution in [0.3, 0.4) is 0 Å². The molecule has 1 fully saturated rings. The van der Waals surface area contributed by atoms with Crippen LogP contribution in [0, 0.1) is 5.92 Å². The number of hydrogen-bond donors (Lipinski definition) is 2. The number of aliphatic hydroxyl groups excluding tert-OH is 1. The van der Waals surface area contributed by atoms with E-state index in [1.807, 2.05) is 6.92 Å². The fourth-order valence-electron chi connectivity index (χ4n) is 0.939. The summed E-state index contributed by atoms with van der Waals surface area (Å²) in [4.78, 5) is 0. The third kappa shape index (κ3) is 3.85. The first-order valence-corrected chi connectivity index (χ1v) is 4.18. The Morgan fingerprint density at radius 3 is 2.80 bits per heavy atom. The second-order valence-electron chi connectivity index (χ2n) is 3.29. The Morgan fingerprint density at radius 1 is 1.60 bits per heavy atom. The van der Waals surface area contributed by atoms with Crippen LogP contribution in [0.2, 0.25) is 0 Å². The Morgan fingerprint density at radius 2 is 2.30 bits per heavy atom. The molecule has 60 valence electrons. The highest BCUT2D eigenvalue weighted by Gasteiger charge is 2.19. The van der Waals surface area contributed by atoms with E-state index < -0.39 is 0 Å². The first-order chi connectivity index (χ1) is 4.79. The molecule has 1 unspecified atom stereocenters. The monoisotopic (exact) mass is 143 g/mol. The molecule has 0 saturated heterocycles. The standard InChI is InChI=1S/C8H17NO/c1-7(10)4-5-9-6-8-2-3-8/h7-10H,2-6H2,1H3. The molecule has 1 atom stereocenters. The van der Waals surface area contributed by atoms with Gasteiger partial charge in [0.25, 0.3) is 0 Å². The molecule has 1 aliphatic carbocycles. The van der Waals surface area contributed by atoms with Crippen molar-refractivity contribution in [1.82, 2.24) is 5.32 Å². The SMILES string of the molecule is CC(O)CCNCC1CC1. The smallest absolute Gasteiger partial charge is 0.0524 e. The first-order valence-electron chi connectivity index (χ1n) is 4.18. The molecule has 1 rings (SSSR count). The Hall–Kier alpha value is -0.0800. The van der Waals surface area contributed by atoms with Crippen molar-refractivity contribution in [3.8, 4) is 0 Å². The molecule has 10 heavy (non-hydrogen) atoms. The van der Waals surface area contributed by atoms with Crippen LogP contribution >= 0.6 is 0 Å². The molecular weight excluding hydrogens is 126 g/mol. The molecule has 2 N–H and O–H groups in total. The van der Waals surface area contributed by atoms with E-state index >= 15 is 0 Å². The van der Waals surface area contributed by atoms with Gasteiger partial charge in [-0.25, -0.2) is 0 Å². The van der Waals surface area contributed by atoms with Crippen molar-refractivity contribution in [3.63, 3.8) is 0 Å². The molecule has 0 spiro atoms. The highest BCUT2D eigenvalue weighted by Crippen LogP contribution is 2.27. The van der Waals surface area contributed by atoms with Crippen LogP contribution in [0.15, 0.2) is 0 Å². The minimum atomic E-state index is -0.147. The molecule has 0 aliphatic heterocycles. The van der Waals surface area contributed by atoms with Crippen molar-refractivity contribution in [2.45, 2.75) is 32.3 Å². The minimum Gasteiger partial charge on any atom is -0.393 e. The molecular formula is C8H17NO. The van der Waals surface area contributed by atoms with E-state index in [0.717, 1.165) is 25.4 Å². The summed E-state index contributed by atoms with van der Waals surface area (Å²) in [7, 11) is 0. The lowest BCUT2D eigenvalue weighted by molar-refractivity contribution is 0.183. The zero-order chi connectivity index (χ0) is 7.40. The van der Waals surface area contributed by atoms with Crippen molar-refractivity contribution in [1.29, 1.82) is 0 Å². The van der Waals surface area contributed by atoms with Gasteiger partial charge in [0.05, 0.1) is 6.10 Å². The lowest BCUT2D eigenvalue weighted by Crippen LogP contribution is -2.21. The van der Waals surface area contributed by atoms with Crippen molar-refractivity contribution in [2.75, 3.05) is 13.1 Å². The summed E-state index contributed by atoms with van der Waals surface area (Å²) in [6.07, 6.45) is 3.54. The maximum absolute atomic E-state index is 8.89. The summed E-state index contributed by atoms with van der Waals surface area (Å²) >= 11 is 0. The fraction of sp³-hybridized carbons (Fsp3) is 1.00. The highest BCUT2D eigenvalue weighted by atomic mass is 16.3. The summed E-state index contributed by atoms with van der Waals surface area (Å²) in [6.45, 7) is 3.96. The zero-order valence-corrected chi connectivity index (χ0v) is 6.64. The summed E-state index contributed by atoms with van der Waals surface area (Å²) in [5.41, 5.74) is 0. The van der Waals surface area contributed by atoms with Gasteiger partial charge in [-0.3, -0.25) is 0 Å². The number of aliphatic hydroxyl groups is 1. The molecule has 0 radical (unpaired) electrons. The number of nitrogens with one attached hydrogen (secondary N) is 1. The molecule has 2 heteroatoms. The van der Waals surface area contributed by atoms with Gasteiger partial charge in [-0.05, 0) is 45.2 Å². The van der Waals surface area contributed by atoms with E-state index in [4.69, 9.17) is 5.11 Å². The molecule has 0 aromatic rings. The molecule has 0 aromatic carbocycles. The van der Waals surface area contributed by atoms with Gasteiger partial charge >= 0.3 is 0 Å². The van der Waals surface area contributed by atoms with Crippen molar-refractivity contribution < 1.29 is 5.11 Å². The Bertz CT molecular complexity index is 85.3. The lowest BCUT2D eigenvalue weighted by Gasteiger charge is -2.04. The van der Waals surface area contributed by atoms with Gasteiger partial charge in [0.2, 0.25) is 0 Å². The van der Waals surface area contributed by atoms with E-state index in [0.29, 0.717) is 0 Å². The second-order valence-corrected chi connectivity index (χ2v) is 3.29. The van der Waals surface area contributed by atoms with E-state index in [-0.39, 0.29) is 6.10 Å². The maximum Gasteiger partial charge on any atom is 0.0524 e. The van der Waals surface area contributed by atoms with Gasteiger partial charge in [0, 0.05) is 0 Å². The Balaban J connectivity index is 1.76. The molecule has 0 amide bonds. The molecule has 0 bridgehead atoms. The van der Waals surface area contributed by atoms with Crippen LogP contribution in [0.4, 0.5) is 0 Å². The van der Waals surface area contributed by atoms with E-state index in [1.54, 1.807) is 0 Å². The van der Waals surface area contributed by atoms with Gasteiger partial charge in [0.1, 0.15) is 0 Å². The quantitative estimate of drug-likeness (QED) is 0.557. The topological polar surface area (TPSA) is 32.3 Å². The largest absolute Gasteiger partial charge is 0.393 e. The van der Waals surface area contributed by atoms with Gasteiger partial charge in [0.15, 0.2) is 0 Å².